The highest BCUT2D eigenvalue weighted by Gasteiger charge is 2.32. The number of carbonyl (C=O) groups is 1. The molecule has 41 heavy (non-hydrogen) atoms. The number of aromatic nitrogens is 1. The molecule has 204 valence electrons. The van der Waals surface area contributed by atoms with Crippen molar-refractivity contribution in [2.45, 2.75) is 23.0 Å². The van der Waals surface area contributed by atoms with Crippen LogP contribution < -0.4 is 24.9 Å². The lowest BCUT2D eigenvalue weighted by molar-refractivity contribution is -0.113. The molecule has 0 saturated carbocycles. The summed E-state index contributed by atoms with van der Waals surface area (Å²) in [5.74, 6) is 0.924. The van der Waals surface area contributed by atoms with E-state index in [4.69, 9.17) is 14.1 Å². The van der Waals surface area contributed by atoms with Crippen LogP contribution in [0.3, 0.4) is 0 Å². The molecule has 3 aromatic carbocycles. The van der Waals surface area contributed by atoms with Crippen LogP contribution in [-0.4, -0.2) is 17.6 Å². The van der Waals surface area contributed by atoms with Gasteiger partial charge in [0.15, 0.2) is 9.89 Å². The number of benzene rings is 3. The standard InChI is InChI=1S/C32H25N3O4S2/c1-20-28(30(36)34-22-9-5-3-6-10-22)29(21-13-15-23(38-2)16-14-21)35-31(37)26(41-32(35)33-20)19-24-17-18-27(39-24)40-25-11-7-4-8-12-25/h3-19,29H,1-2H3,(H,34,36)/b26-19+. The second kappa shape index (κ2) is 11.5. The van der Waals surface area contributed by atoms with Gasteiger partial charge in [0.05, 0.1) is 29.0 Å². The van der Waals surface area contributed by atoms with Crippen LogP contribution in [0.25, 0.3) is 6.08 Å². The maximum Gasteiger partial charge on any atom is 0.271 e. The molecule has 2 aromatic heterocycles. The van der Waals surface area contributed by atoms with Crippen molar-refractivity contribution in [2.75, 3.05) is 12.4 Å². The molecule has 0 radical (unpaired) electrons. The lowest BCUT2D eigenvalue weighted by atomic mass is 9.95. The third-order valence-electron chi connectivity index (χ3n) is 6.57. The van der Waals surface area contributed by atoms with Gasteiger partial charge in [-0.2, -0.15) is 0 Å². The van der Waals surface area contributed by atoms with Gasteiger partial charge in [-0.1, -0.05) is 71.6 Å². The summed E-state index contributed by atoms with van der Waals surface area (Å²) in [6.07, 6.45) is 1.73. The number of rotatable bonds is 7. The van der Waals surface area contributed by atoms with Crippen molar-refractivity contribution in [3.8, 4) is 5.75 Å². The van der Waals surface area contributed by atoms with Crippen LogP contribution in [0, 0.1) is 0 Å². The minimum absolute atomic E-state index is 0.249. The largest absolute Gasteiger partial charge is 0.497 e. The number of para-hydroxylation sites is 1. The van der Waals surface area contributed by atoms with Gasteiger partial charge in [-0.25, -0.2) is 4.99 Å². The molecule has 7 nitrogen and oxygen atoms in total. The molecule has 9 heteroatoms. The quantitative estimate of drug-likeness (QED) is 0.270. The Balaban J connectivity index is 1.42. The third-order valence-corrected chi connectivity index (χ3v) is 8.48. The summed E-state index contributed by atoms with van der Waals surface area (Å²) in [6, 6.07) is 29.6. The van der Waals surface area contributed by atoms with Crippen molar-refractivity contribution in [1.82, 2.24) is 4.57 Å². The van der Waals surface area contributed by atoms with Gasteiger partial charge in [0.25, 0.3) is 11.5 Å². The molecular formula is C32H25N3O4S2. The molecule has 0 aliphatic carbocycles. The van der Waals surface area contributed by atoms with Crippen molar-refractivity contribution in [2.24, 2.45) is 4.99 Å². The Labute approximate surface area is 244 Å². The minimum atomic E-state index is -0.677. The highest BCUT2D eigenvalue weighted by molar-refractivity contribution is 7.99. The predicted octanol–water partition coefficient (Wildman–Crippen LogP) is 5.63. The van der Waals surface area contributed by atoms with Crippen molar-refractivity contribution in [3.63, 3.8) is 0 Å². The van der Waals surface area contributed by atoms with Crippen LogP contribution in [0.4, 0.5) is 5.69 Å². The highest BCUT2D eigenvalue weighted by Crippen LogP contribution is 2.32. The number of carbonyl (C=O) groups excluding carboxylic acids is 1. The number of methoxy groups -OCH3 is 1. The van der Waals surface area contributed by atoms with E-state index in [2.05, 4.69) is 5.32 Å². The molecule has 0 saturated heterocycles. The zero-order valence-corrected chi connectivity index (χ0v) is 23.9. The number of amides is 1. The summed E-state index contributed by atoms with van der Waals surface area (Å²) in [7, 11) is 1.60. The molecule has 3 heterocycles. The maximum absolute atomic E-state index is 13.9. The van der Waals surface area contributed by atoms with Gasteiger partial charge in [0.1, 0.15) is 11.5 Å². The fraction of sp³-hybridized carbons (Fsp3) is 0.0938. The number of nitrogens with zero attached hydrogens (tertiary/aromatic N) is 2. The number of ether oxygens (including phenoxy) is 1. The first kappa shape index (κ1) is 26.6. The van der Waals surface area contributed by atoms with E-state index < -0.39 is 6.04 Å². The average Bonchev–Trinajstić information content (AvgIpc) is 3.56. The first-order valence-electron chi connectivity index (χ1n) is 12.9. The van der Waals surface area contributed by atoms with Gasteiger partial charge in [0.2, 0.25) is 0 Å². The average molecular weight is 580 g/mol. The SMILES string of the molecule is COc1ccc(C2C(C(=O)Nc3ccccc3)=C(C)N=c3s/c(=C/c4ccc(Sc5ccccc5)o4)c(=O)n32)cc1. The number of furan rings is 1. The Morgan fingerprint density at radius 1 is 1.00 bits per heavy atom. The van der Waals surface area contributed by atoms with Gasteiger partial charge in [-0.15, -0.1) is 0 Å². The number of nitrogens with one attached hydrogen (secondary N) is 1. The second-order valence-corrected chi connectivity index (χ2v) is 11.3. The van der Waals surface area contributed by atoms with E-state index in [0.717, 1.165) is 15.6 Å². The molecule has 1 unspecified atom stereocenters. The van der Waals surface area contributed by atoms with Gasteiger partial charge >= 0.3 is 0 Å². The Morgan fingerprint density at radius 2 is 1.71 bits per heavy atom. The molecule has 0 spiro atoms. The number of anilines is 1. The Hall–Kier alpha value is -4.60. The van der Waals surface area contributed by atoms with Crippen LogP contribution in [0.5, 0.6) is 5.75 Å². The molecule has 6 rings (SSSR count). The monoisotopic (exact) mass is 579 g/mol. The molecule has 1 aliphatic heterocycles. The molecule has 1 aliphatic rings. The Kier molecular flexibility index (Phi) is 7.45. The van der Waals surface area contributed by atoms with Crippen LogP contribution in [0.1, 0.15) is 24.3 Å². The molecule has 1 N–H and O–H groups in total. The molecule has 5 aromatic rings. The summed E-state index contributed by atoms with van der Waals surface area (Å²) >= 11 is 2.78. The van der Waals surface area contributed by atoms with Crippen LogP contribution in [-0.2, 0) is 4.79 Å². The van der Waals surface area contributed by atoms with Crippen molar-refractivity contribution >= 4 is 40.8 Å². The van der Waals surface area contributed by atoms with E-state index >= 15 is 0 Å². The summed E-state index contributed by atoms with van der Waals surface area (Å²) in [6.45, 7) is 1.80. The number of hydrogen-bond acceptors (Lipinski definition) is 7. The topological polar surface area (TPSA) is 85.8 Å². The zero-order valence-electron chi connectivity index (χ0n) is 22.2. The molecule has 0 fully saturated rings. The van der Waals surface area contributed by atoms with E-state index in [1.165, 1.54) is 23.1 Å². The molecular weight excluding hydrogens is 555 g/mol. The Bertz CT molecular complexity index is 1920. The second-order valence-electron chi connectivity index (χ2n) is 9.25. The van der Waals surface area contributed by atoms with Crippen LogP contribution in [0.2, 0.25) is 0 Å². The van der Waals surface area contributed by atoms with Gasteiger partial charge in [-0.05, 0) is 61.0 Å². The summed E-state index contributed by atoms with van der Waals surface area (Å²) < 4.78 is 13.4. The summed E-state index contributed by atoms with van der Waals surface area (Å²) in [5.41, 5.74) is 2.13. The van der Waals surface area contributed by atoms with Gasteiger partial charge < -0.3 is 14.5 Å². The molecule has 1 atom stereocenters. The number of allylic oxidation sites excluding steroid dienone is 1. The number of thiazole rings is 1. The lowest BCUT2D eigenvalue weighted by Gasteiger charge is -2.25. The normalized spacial score (nSPS) is 14.9. The van der Waals surface area contributed by atoms with E-state index in [9.17, 15) is 9.59 Å². The maximum atomic E-state index is 13.9. The van der Waals surface area contributed by atoms with Gasteiger partial charge in [0, 0.05) is 16.7 Å². The predicted molar refractivity (Wildman–Crippen MR) is 161 cm³/mol. The van der Waals surface area contributed by atoms with E-state index in [0.29, 0.717) is 37.8 Å². The Morgan fingerprint density at radius 3 is 2.41 bits per heavy atom. The fourth-order valence-electron chi connectivity index (χ4n) is 4.63. The van der Waals surface area contributed by atoms with E-state index in [-0.39, 0.29) is 11.5 Å². The first-order valence-corrected chi connectivity index (χ1v) is 14.5. The van der Waals surface area contributed by atoms with E-state index in [1.54, 1.807) is 24.7 Å². The first-order chi connectivity index (χ1) is 20.0. The van der Waals surface area contributed by atoms with E-state index in [1.807, 2.05) is 97.1 Å². The number of fused-ring (bicyclic) bond motifs is 1. The zero-order chi connectivity index (χ0) is 28.3. The third kappa shape index (κ3) is 5.54. The van der Waals surface area contributed by atoms with Crippen molar-refractivity contribution in [3.05, 3.63) is 139 Å². The fourth-order valence-corrected chi connectivity index (χ4v) is 6.46. The summed E-state index contributed by atoms with van der Waals surface area (Å²) in [5, 5.41) is 3.69. The van der Waals surface area contributed by atoms with Crippen LogP contribution in [0.15, 0.2) is 133 Å². The highest BCUT2D eigenvalue weighted by atomic mass is 32.2. The van der Waals surface area contributed by atoms with Crippen molar-refractivity contribution in [1.29, 1.82) is 0 Å². The molecule has 0 bridgehead atoms. The minimum Gasteiger partial charge on any atom is -0.497 e. The summed E-state index contributed by atoms with van der Waals surface area (Å²) in [4.78, 5) is 33.9. The smallest absolute Gasteiger partial charge is 0.271 e. The van der Waals surface area contributed by atoms with Crippen LogP contribution >= 0.6 is 23.1 Å². The van der Waals surface area contributed by atoms with Gasteiger partial charge in [-0.3, -0.25) is 14.2 Å². The molecule has 1 amide bonds. The lowest BCUT2D eigenvalue weighted by Crippen LogP contribution is -2.40. The number of hydrogen-bond donors (Lipinski definition) is 1. The van der Waals surface area contributed by atoms with Crippen molar-refractivity contribution < 1.29 is 13.9 Å².